The van der Waals surface area contributed by atoms with E-state index in [0.717, 1.165) is 24.3 Å². The maximum absolute atomic E-state index is 12.5. The SMILES string of the molecule is CC1CCCC(C)N1C(=O)c1csc(CCN)n1. The molecule has 5 heteroatoms. The Morgan fingerprint density at radius 2 is 2.17 bits per heavy atom. The smallest absolute Gasteiger partial charge is 0.273 e. The van der Waals surface area contributed by atoms with Gasteiger partial charge in [-0.2, -0.15) is 0 Å². The number of piperidine rings is 1. The number of carbonyl (C=O) groups excluding carboxylic acids is 1. The van der Waals surface area contributed by atoms with Crippen LogP contribution in [0.5, 0.6) is 0 Å². The van der Waals surface area contributed by atoms with Gasteiger partial charge in [-0.1, -0.05) is 0 Å². The number of hydrogen-bond donors (Lipinski definition) is 1. The Bertz CT molecular complexity index is 408. The Balaban J connectivity index is 2.13. The minimum absolute atomic E-state index is 0.0780. The average molecular weight is 267 g/mol. The number of aromatic nitrogens is 1. The monoisotopic (exact) mass is 267 g/mol. The Labute approximate surface area is 112 Å². The highest BCUT2D eigenvalue weighted by atomic mass is 32.1. The van der Waals surface area contributed by atoms with E-state index in [0.29, 0.717) is 24.3 Å². The molecule has 2 heterocycles. The standard InChI is InChI=1S/C13H21N3OS/c1-9-4-3-5-10(2)16(9)13(17)11-8-18-12(15-11)6-7-14/h8-10H,3-7,14H2,1-2H3. The van der Waals surface area contributed by atoms with Gasteiger partial charge in [0.1, 0.15) is 5.69 Å². The van der Waals surface area contributed by atoms with Gasteiger partial charge in [-0.3, -0.25) is 4.79 Å². The zero-order valence-electron chi connectivity index (χ0n) is 11.1. The first-order valence-electron chi connectivity index (χ1n) is 6.60. The summed E-state index contributed by atoms with van der Waals surface area (Å²) >= 11 is 1.53. The minimum atomic E-state index is 0.0780. The lowest BCUT2D eigenvalue weighted by Crippen LogP contribution is -2.47. The molecule has 100 valence electrons. The Morgan fingerprint density at radius 1 is 1.50 bits per heavy atom. The molecule has 0 aliphatic carbocycles. The van der Waals surface area contributed by atoms with Gasteiger partial charge in [0.15, 0.2) is 0 Å². The van der Waals surface area contributed by atoms with Crippen molar-refractivity contribution in [1.82, 2.24) is 9.88 Å². The van der Waals surface area contributed by atoms with Gasteiger partial charge in [0.2, 0.25) is 0 Å². The highest BCUT2D eigenvalue weighted by Gasteiger charge is 2.30. The van der Waals surface area contributed by atoms with E-state index in [9.17, 15) is 4.79 Å². The van der Waals surface area contributed by atoms with E-state index >= 15 is 0 Å². The number of hydrogen-bond acceptors (Lipinski definition) is 4. The molecule has 1 aliphatic heterocycles. The summed E-state index contributed by atoms with van der Waals surface area (Å²) in [4.78, 5) is 18.9. The van der Waals surface area contributed by atoms with Crippen LogP contribution in [0.4, 0.5) is 0 Å². The van der Waals surface area contributed by atoms with E-state index in [1.165, 1.54) is 17.8 Å². The lowest BCUT2D eigenvalue weighted by atomic mass is 9.97. The van der Waals surface area contributed by atoms with Crippen molar-refractivity contribution in [2.75, 3.05) is 6.54 Å². The first-order chi connectivity index (χ1) is 8.63. The van der Waals surface area contributed by atoms with Crippen LogP contribution < -0.4 is 5.73 Å². The third-order valence-corrected chi connectivity index (χ3v) is 4.47. The predicted octanol–water partition coefficient (Wildman–Crippen LogP) is 2.05. The van der Waals surface area contributed by atoms with Crippen LogP contribution in [-0.4, -0.2) is 34.4 Å². The number of likely N-dealkylation sites (tertiary alicyclic amines) is 1. The Hall–Kier alpha value is -0.940. The second-order valence-electron chi connectivity index (χ2n) is 5.01. The Kier molecular flexibility index (Phi) is 4.35. The number of rotatable bonds is 3. The number of thiazole rings is 1. The van der Waals surface area contributed by atoms with Gasteiger partial charge in [0.05, 0.1) is 5.01 Å². The average Bonchev–Trinajstić information content (AvgIpc) is 2.78. The van der Waals surface area contributed by atoms with Gasteiger partial charge in [0.25, 0.3) is 5.91 Å². The molecule has 2 rings (SSSR count). The van der Waals surface area contributed by atoms with Crippen molar-refractivity contribution in [3.05, 3.63) is 16.1 Å². The molecule has 1 aromatic heterocycles. The van der Waals surface area contributed by atoms with Crippen molar-refractivity contribution in [1.29, 1.82) is 0 Å². The van der Waals surface area contributed by atoms with Gasteiger partial charge in [-0.25, -0.2) is 4.98 Å². The molecule has 1 aliphatic rings. The van der Waals surface area contributed by atoms with Crippen molar-refractivity contribution in [3.8, 4) is 0 Å². The fourth-order valence-electron chi connectivity index (χ4n) is 2.60. The summed E-state index contributed by atoms with van der Waals surface area (Å²) in [6, 6.07) is 0.641. The van der Waals surface area contributed by atoms with Crippen LogP contribution in [0.2, 0.25) is 0 Å². The molecule has 2 unspecified atom stereocenters. The van der Waals surface area contributed by atoms with E-state index in [1.54, 1.807) is 0 Å². The van der Waals surface area contributed by atoms with Crippen LogP contribution >= 0.6 is 11.3 Å². The molecule has 0 radical (unpaired) electrons. The van der Waals surface area contributed by atoms with Crippen LogP contribution in [0.1, 0.15) is 48.6 Å². The first-order valence-corrected chi connectivity index (χ1v) is 7.48. The number of amides is 1. The largest absolute Gasteiger partial charge is 0.332 e. The third kappa shape index (κ3) is 2.72. The minimum Gasteiger partial charge on any atom is -0.332 e. The molecule has 1 fully saturated rings. The number of nitrogens with zero attached hydrogens (tertiary/aromatic N) is 2. The molecule has 18 heavy (non-hydrogen) atoms. The maximum Gasteiger partial charge on any atom is 0.273 e. The topological polar surface area (TPSA) is 59.2 Å². The van der Waals surface area contributed by atoms with E-state index in [1.807, 2.05) is 10.3 Å². The van der Waals surface area contributed by atoms with Gasteiger partial charge in [0, 0.05) is 23.9 Å². The quantitative estimate of drug-likeness (QED) is 0.911. The maximum atomic E-state index is 12.5. The second-order valence-corrected chi connectivity index (χ2v) is 5.95. The van der Waals surface area contributed by atoms with Gasteiger partial charge in [-0.05, 0) is 39.7 Å². The molecule has 2 N–H and O–H groups in total. The molecule has 2 atom stereocenters. The number of carbonyl (C=O) groups is 1. The first kappa shape index (κ1) is 13.5. The van der Waals surface area contributed by atoms with Crippen LogP contribution in [0, 0.1) is 0 Å². The summed E-state index contributed by atoms with van der Waals surface area (Å²) in [5.41, 5.74) is 6.09. The summed E-state index contributed by atoms with van der Waals surface area (Å²) in [5.74, 6) is 0.0780. The number of nitrogens with two attached hydrogens (primary N) is 1. The van der Waals surface area contributed by atoms with E-state index in [-0.39, 0.29) is 5.91 Å². The van der Waals surface area contributed by atoms with Crippen molar-refractivity contribution >= 4 is 17.2 Å². The van der Waals surface area contributed by atoms with Crippen molar-refractivity contribution in [2.24, 2.45) is 5.73 Å². The molecular formula is C13H21N3OS. The summed E-state index contributed by atoms with van der Waals surface area (Å²) in [7, 11) is 0. The van der Waals surface area contributed by atoms with E-state index < -0.39 is 0 Å². The molecule has 1 amide bonds. The fraction of sp³-hybridized carbons (Fsp3) is 0.692. The van der Waals surface area contributed by atoms with Gasteiger partial charge < -0.3 is 10.6 Å². The van der Waals surface area contributed by atoms with Crippen LogP contribution in [-0.2, 0) is 6.42 Å². The molecule has 0 aromatic carbocycles. The lowest BCUT2D eigenvalue weighted by Gasteiger charge is -2.38. The van der Waals surface area contributed by atoms with Crippen molar-refractivity contribution < 1.29 is 4.79 Å². The van der Waals surface area contributed by atoms with Gasteiger partial charge in [-0.15, -0.1) is 11.3 Å². The highest BCUT2D eigenvalue weighted by Crippen LogP contribution is 2.25. The molecule has 0 bridgehead atoms. The van der Waals surface area contributed by atoms with Crippen LogP contribution in [0.25, 0.3) is 0 Å². The third-order valence-electron chi connectivity index (χ3n) is 3.56. The second kappa shape index (κ2) is 5.80. The zero-order chi connectivity index (χ0) is 13.1. The fourth-order valence-corrected chi connectivity index (χ4v) is 3.39. The molecule has 1 aromatic rings. The van der Waals surface area contributed by atoms with Crippen LogP contribution in [0.3, 0.4) is 0 Å². The molecule has 1 saturated heterocycles. The molecule has 4 nitrogen and oxygen atoms in total. The Morgan fingerprint density at radius 3 is 2.78 bits per heavy atom. The summed E-state index contributed by atoms with van der Waals surface area (Å²) in [6.45, 7) is 4.83. The normalized spacial score (nSPS) is 24.3. The molecule has 0 saturated carbocycles. The zero-order valence-corrected chi connectivity index (χ0v) is 11.9. The van der Waals surface area contributed by atoms with E-state index in [4.69, 9.17) is 5.73 Å². The van der Waals surface area contributed by atoms with Crippen molar-refractivity contribution in [2.45, 2.75) is 51.6 Å². The molecular weight excluding hydrogens is 246 g/mol. The van der Waals surface area contributed by atoms with Crippen LogP contribution in [0.15, 0.2) is 5.38 Å². The summed E-state index contributed by atoms with van der Waals surface area (Å²) < 4.78 is 0. The highest BCUT2D eigenvalue weighted by molar-refractivity contribution is 7.09. The lowest BCUT2D eigenvalue weighted by molar-refractivity contribution is 0.0505. The van der Waals surface area contributed by atoms with Gasteiger partial charge >= 0.3 is 0 Å². The summed E-state index contributed by atoms with van der Waals surface area (Å²) in [5, 5.41) is 2.82. The molecule has 0 spiro atoms. The van der Waals surface area contributed by atoms with Crippen molar-refractivity contribution in [3.63, 3.8) is 0 Å². The predicted molar refractivity (Wildman–Crippen MR) is 73.8 cm³/mol. The summed E-state index contributed by atoms with van der Waals surface area (Å²) in [6.07, 6.45) is 4.15. The van der Waals surface area contributed by atoms with E-state index in [2.05, 4.69) is 18.8 Å².